The summed E-state index contributed by atoms with van der Waals surface area (Å²) in [5.74, 6) is 0.383. The van der Waals surface area contributed by atoms with Crippen molar-refractivity contribution in [1.82, 2.24) is 4.90 Å². The van der Waals surface area contributed by atoms with Gasteiger partial charge in [-0.05, 0) is 50.4 Å². The molecule has 1 unspecified atom stereocenters. The summed E-state index contributed by atoms with van der Waals surface area (Å²) in [6.07, 6.45) is 6.95. The van der Waals surface area contributed by atoms with Crippen LogP contribution < -0.4 is 0 Å². The van der Waals surface area contributed by atoms with E-state index in [9.17, 15) is 9.90 Å². The molecule has 0 amide bonds. The number of halogens is 1. The lowest BCUT2D eigenvalue weighted by atomic mass is 9.79. The van der Waals surface area contributed by atoms with Gasteiger partial charge < -0.3 is 9.52 Å². The number of rotatable bonds is 9. The maximum atomic E-state index is 11.9. The van der Waals surface area contributed by atoms with Crippen LogP contribution in [0.4, 0.5) is 0 Å². The summed E-state index contributed by atoms with van der Waals surface area (Å²) in [7, 11) is 0. The summed E-state index contributed by atoms with van der Waals surface area (Å²) < 4.78 is 5.47. The smallest absolute Gasteiger partial charge is 0.309 e. The normalized spacial score (nSPS) is 16.7. The Labute approximate surface area is 166 Å². The van der Waals surface area contributed by atoms with Crippen molar-refractivity contribution >= 4 is 17.6 Å². The zero-order chi connectivity index (χ0) is 19.3. The van der Waals surface area contributed by atoms with Gasteiger partial charge in [0.2, 0.25) is 0 Å². The number of benzene rings is 1. The average Bonchev–Trinajstić information content (AvgIpc) is 3.11. The van der Waals surface area contributed by atoms with E-state index in [2.05, 4.69) is 11.0 Å². The van der Waals surface area contributed by atoms with Crippen molar-refractivity contribution in [2.45, 2.75) is 52.0 Å². The van der Waals surface area contributed by atoms with E-state index >= 15 is 0 Å². The lowest BCUT2D eigenvalue weighted by Crippen LogP contribution is -2.31. The summed E-state index contributed by atoms with van der Waals surface area (Å²) in [5, 5.41) is 10.4. The first-order valence-electron chi connectivity index (χ1n) is 9.72. The molecule has 4 nitrogen and oxygen atoms in total. The number of carbonyl (C=O) groups is 1. The number of carboxylic acids is 1. The van der Waals surface area contributed by atoms with Crippen molar-refractivity contribution in [3.05, 3.63) is 58.5 Å². The third kappa shape index (κ3) is 5.14. The maximum absolute atomic E-state index is 11.9. The minimum Gasteiger partial charge on any atom is -0.481 e. The molecule has 2 heterocycles. The van der Waals surface area contributed by atoms with Crippen molar-refractivity contribution in [1.29, 1.82) is 0 Å². The molecule has 1 atom stereocenters. The second-order valence-electron chi connectivity index (χ2n) is 7.84. The van der Waals surface area contributed by atoms with Crippen LogP contribution in [-0.2, 0) is 24.2 Å². The zero-order valence-electron chi connectivity index (χ0n) is 15.9. The minimum atomic E-state index is -0.776. The summed E-state index contributed by atoms with van der Waals surface area (Å²) in [6, 6.07) is 9.59. The fourth-order valence-corrected chi connectivity index (χ4v) is 4.06. The van der Waals surface area contributed by atoms with Gasteiger partial charge in [0, 0.05) is 30.1 Å². The number of unbranched alkanes of at least 4 members (excludes halogenated alkanes) is 2. The lowest BCUT2D eigenvalue weighted by molar-refractivity contribution is -0.148. The number of aliphatic carboxylic acids is 1. The summed E-state index contributed by atoms with van der Waals surface area (Å²) in [5.41, 5.74) is 1.44. The van der Waals surface area contributed by atoms with E-state index < -0.39 is 11.4 Å². The predicted molar refractivity (Wildman–Crippen MR) is 107 cm³/mol. The Morgan fingerprint density at radius 1 is 1.26 bits per heavy atom. The molecule has 0 radical (unpaired) electrons. The maximum Gasteiger partial charge on any atom is 0.309 e. The third-order valence-corrected chi connectivity index (χ3v) is 6.01. The van der Waals surface area contributed by atoms with Crippen molar-refractivity contribution in [3.63, 3.8) is 0 Å². The molecule has 0 saturated carbocycles. The van der Waals surface area contributed by atoms with Crippen molar-refractivity contribution in [3.8, 4) is 0 Å². The largest absolute Gasteiger partial charge is 0.481 e. The van der Waals surface area contributed by atoms with Crippen LogP contribution in [0.25, 0.3) is 0 Å². The Bertz CT molecular complexity index is 772. The number of nitrogens with zero attached hydrogens (tertiary/aromatic N) is 1. The molecule has 0 fully saturated rings. The SMILES string of the molecule is CC(CCCCCN1CCc2occc2C1)(Cc1ccccc1Cl)C(=O)O. The lowest BCUT2D eigenvalue weighted by Gasteiger charge is -2.27. The number of hydrogen-bond acceptors (Lipinski definition) is 3. The molecule has 0 spiro atoms. The van der Waals surface area contributed by atoms with Gasteiger partial charge in [-0.15, -0.1) is 0 Å². The third-order valence-electron chi connectivity index (χ3n) is 5.64. The number of fused-ring (bicyclic) bond motifs is 1. The summed E-state index contributed by atoms with van der Waals surface area (Å²) >= 11 is 6.23. The highest BCUT2D eigenvalue weighted by Crippen LogP contribution is 2.32. The molecule has 0 bridgehead atoms. The topological polar surface area (TPSA) is 53.7 Å². The molecule has 3 rings (SSSR count). The second kappa shape index (κ2) is 8.94. The van der Waals surface area contributed by atoms with Crippen LogP contribution in [-0.4, -0.2) is 29.1 Å². The molecule has 27 heavy (non-hydrogen) atoms. The van der Waals surface area contributed by atoms with E-state index in [1.807, 2.05) is 31.2 Å². The standard InChI is InChI=1S/C22H28ClNO3/c1-22(21(25)26,15-17-7-3-4-8-19(17)23)11-5-2-6-12-24-13-9-20-18(16-24)10-14-27-20/h3-4,7-8,10,14H,2,5-6,9,11-13,15-16H2,1H3,(H,25,26). The molecule has 1 aliphatic heterocycles. The molecule has 1 aliphatic rings. The van der Waals surface area contributed by atoms with Crippen molar-refractivity contribution in [2.24, 2.45) is 5.41 Å². The fraction of sp³-hybridized carbons (Fsp3) is 0.500. The molecular weight excluding hydrogens is 362 g/mol. The van der Waals surface area contributed by atoms with Crippen LogP contribution in [0.2, 0.25) is 5.02 Å². The Morgan fingerprint density at radius 3 is 2.85 bits per heavy atom. The van der Waals surface area contributed by atoms with E-state index in [1.54, 1.807) is 6.26 Å². The van der Waals surface area contributed by atoms with Crippen LogP contribution in [0.3, 0.4) is 0 Å². The number of carboxylic acid groups (broad SMARTS) is 1. The number of hydrogen-bond donors (Lipinski definition) is 1. The van der Waals surface area contributed by atoms with E-state index in [4.69, 9.17) is 16.0 Å². The van der Waals surface area contributed by atoms with Crippen LogP contribution in [0.5, 0.6) is 0 Å². The van der Waals surface area contributed by atoms with Gasteiger partial charge in [0.15, 0.2) is 0 Å². The molecule has 1 aromatic heterocycles. The summed E-state index contributed by atoms with van der Waals surface area (Å²) in [6.45, 7) is 4.90. The Kier molecular flexibility index (Phi) is 6.61. The van der Waals surface area contributed by atoms with Crippen LogP contribution in [0, 0.1) is 5.41 Å². The van der Waals surface area contributed by atoms with E-state index in [1.165, 1.54) is 5.56 Å². The van der Waals surface area contributed by atoms with Gasteiger partial charge in [-0.3, -0.25) is 9.69 Å². The minimum absolute atomic E-state index is 0.470. The van der Waals surface area contributed by atoms with Gasteiger partial charge >= 0.3 is 5.97 Å². The monoisotopic (exact) mass is 389 g/mol. The highest BCUT2D eigenvalue weighted by atomic mass is 35.5. The molecule has 1 N–H and O–H groups in total. The zero-order valence-corrected chi connectivity index (χ0v) is 16.7. The van der Waals surface area contributed by atoms with Gasteiger partial charge in [-0.1, -0.05) is 42.6 Å². The predicted octanol–water partition coefficient (Wildman–Crippen LogP) is 5.19. The Morgan fingerprint density at radius 2 is 2.07 bits per heavy atom. The molecule has 1 aromatic carbocycles. The van der Waals surface area contributed by atoms with Crippen molar-refractivity contribution < 1.29 is 14.3 Å². The first kappa shape index (κ1) is 20.0. The molecule has 0 aliphatic carbocycles. The second-order valence-corrected chi connectivity index (χ2v) is 8.25. The van der Waals surface area contributed by atoms with E-state index in [-0.39, 0.29) is 0 Å². The van der Waals surface area contributed by atoms with Gasteiger partial charge in [0.1, 0.15) is 5.76 Å². The summed E-state index contributed by atoms with van der Waals surface area (Å²) in [4.78, 5) is 14.3. The Hall–Kier alpha value is -1.78. The van der Waals surface area contributed by atoms with E-state index in [0.717, 1.165) is 56.6 Å². The van der Waals surface area contributed by atoms with E-state index in [0.29, 0.717) is 17.9 Å². The first-order chi connectivity index (χ1) is 13.0. The molecule has 5 heteroatoms. The fourth-order valence-electron chi connectivity index (χ4n) is 3.86. The highest BCUT2D eigenvalue weighted by Gasteiger charge is 2.33. The van der Waals surface area contributed by atoms with Crippen LogP contribution in [0.15, 0.2) is 41.0 Å². The number of furan rings is 1. The molecule has 146 valence electrons. The molecule has 0 saturated heterocycles. The van der Waals surface area contributed by atoms with Gasteiger partial charge in [0.25, 0.3) is 0 Å². The highest BCUT2D eigenvalue weighted by molar-refractivity contribution is 6.31. The molecule has 2 aromatic rings. The quantitative estimate of drug-likeness (QED) is 0.600. The average molecular weight is 390 g/mol. The van der Waals surface area contributed by atoms with Crippen molar-refractivity contribution in [2.75, 3.05) is 13.1 Å². The van der Waals surface area contributed by atoms with Crippen LogP contribution >= 0.6 is 11.6 Å². The van der Waals surface area contributed by atoms with Gasteiger partial charge in [0.05, 0.1) is 11.7 Å². The first-order valence-corrected chi connectivity index (χ1v) is 10.1. The molecular formula is C22H28ClNO3. The van der Waals surface area contributed by atoms with Crippen LogP contribution in [0.1, 0.15) is 49.5 Å². The van der Waals surface area contributed by atoms with Gasteiger partial charge in [-0.25, -0.2) is 0 Å². The Balaban J connectivity index is 1.43. The van der Waals surface area contributed by atoms with Gasteiger partial charge in [-0.2, -0.15) is 0 Å².